The van der Waals surface area contributed by atoms with Crippen LogP contribution in [0.3, 0.4) is 0 Å². The largest absolute Gasteiger partial charge is 0.478 e. The van der Waals surface area contributed by atoms with Crippen LogP contribution in [0.5, 0.6) is 0 Å². The summed E-state index contributed by atoms with van der Waals surface area (Å²) in [5, 5.41) is 8.83. The average molecular weight is 282 g/mol. The van der Waals surface area contributed by atoms with E-state index in [2.05, 4.69) is 4.98 Å². The normalized spacial score (nSPS) is 14.0. The number of anilines is 1. The van der Waals surface area contributed by atoms with Gasteiger partial charge in [-0.1, -0.05) is 18.2 Å². The first-order chi connectivity index (χ1) is 10.1. The number of rotatable bonds is 2. The lowest BCUT2D eigenvalue weighted by Crippen LogP contribution is -2.42. The Morgan fingerprint density at radius 1 is 1.14 bits per heavy atom. The second kappa shape index (κ2) is 4.82. The monoisotopic (exact) mass is 282 g/mol. The quantitative estimate of drug-likeness (QED) is 0.843. The molecule has 0 saturated carbocycles. The molecule has 0 saturated heterocycles. The molecule has 0 fully saturated rings. The highest BCUT2D eigenvalue weighted by Crippen LogP contribution is 2.24. The van der Waals surface area contributed by atoms with Gasteiger partial charge in [-0.2, -0.15) is 0 Å². The standard InChI is InChI=1S/C15H10N2O4/c18-13-7-9-3-1-2-4-11(9)14(19)17(13)12-6-5-10(8-16-12)15(20)21/h1-6,8H,7H2,(H,20,21). The molecular weight excluding hydrogens is 272 g/mol. The van der Waals surface area contributed by atoms with Crippen molar-refractivity contribution < 1.29 is 19.5 Å². The minimum absolute atomic E-state index is 0.00365. The van der Waals surface area contributed by atoms with Crippen LogP contribution in [-0.4, -0.2) is 27.9 Å². The van der Waals surface area contributed by atoms with Crippen molar-refractivity contribution in [3.05, 3.63) is 59.3 Å². The zero-order valence-electron chi connectivity index (χ0n) is 10.8. The van der Waals surface area contributed by atoms with E-state index in [0.29, 0.717) is 11.1 Å². The first-order valence-electron chi connectivity index (χ1n) is 6.22. The summed E-state index contributed by atoms with van der Waals surface area (Å²) in [4.78, 5) is 40.2. The molecule has 6 nitrogen and oxygen atoms in total. The Balaban J connectivity index is 2.01. The maximum Gasteiger partial charge on any atom is 0.337 e. The topological polar surface area (TPSA) is 87.6 Å². The van der Waals surface area contributed by atoms with Crippen LogP contribution in [0.2, 0.25) is 0 Å². The number of aromatic nitrogens is 1. The minimum Gasteiger partial charge on any atom is -0.478 e. The van der Waals surface area contributed by atoms with Gasteiger partial charge in [-0.05, 0) is 23.8 Å². The van der Waals surface area contributed by atoms with Crippen molar-refractivity contribution in [3.8, 4) is 0 Å². The van der Waals surface area contributed by atoms with Gasteiger partial charge in [0.05, 0.1) is 12.0 Å². The molecule has 0 spiro atoms. The summed E-state index contributed by atoms with van der Waals surface area (Å²) >= 11 is 0. The highest BCUT2D eigenvalue weighted by Gasteiger charge is 2.32. The zero-order chi connectivity index (χ0) is 15.0. The third-order valence-electron chi connectivity index (χ3n) is 3.27. The molecule has 0 bridgehead atoms. The van der Waals surface area contributed by atoms with Gasteiger partial charge in [-0.3, -0.25) is 9.59 Å². The molecule has 3 rings (SSSR count). The molecule has 0 atom stereocenters. The average Bonchev–Trinajstić information content (AvgIpc) is 2.48. The Bertz CT molecular complexity index is 753. The summed E-state index contributed by atoms with van der Waals surface area (Å²) < 4.78 is 0. The van der Waals surface area contributed by atoms with Gasteiger partial charge in [0.25, 0.3) is 5.91 Å². The van der Waals surface area contributed by atoms with Crippen LogP contribution < -0.4 is 4.90 Å². The van der Waals surface area contributed by atoms with E-state index < -0.39 is 11.9 Å². The second-order valence-electron chi connectivity index (χ2n) is 4.58. The molecule has 1 aromatic carbocycles. The summed E-state index contributed by atoms with van der Waals surface area (Å²) in [6.45, 7) is 0. The van der Waals surface area contributed by atoms with Gasteiger partial charge in [0.1, 0.15) is 5.82 Å². The van der Waals surface area contributed by atoms with E-state index in [1.54, 1.807) is 24.3 Å². The lowest BCUT2D eigenvalue weighted by Gasteiger charge is -2.25. The Hall–Kier alpha value is -3.02. The van der Waals surface area contributed by atoms with Gasteiger partial charge in [-0.25, -0.2) is 14.7 Å². The first-order valence-corrected chi connectivity index (χ1v) is 6.22. The summed E-state index contributed by atoms with van der Waals surface area (Å²) in [7, 11) is 0. The molecule has 21 heavy (non-hydrogen) atoms. The summed E-state index contributed by atoms with van der Waals surface area (Å²) in [6.07, 6.45) is 1.24. The van der Waals surface area contributed by atoms with Crippen LogP contribution >= 0.6 is 0 Å². The number of aromatic carboxylic acids is 1. The third kappa shape index (κ3) is 2.16. The Morgan fingerprint density at radius 2 is 1.90 bits per heavy atom. The van der Waals surface area contributed by atoms with Gasteiger partial charge >= 0.3 is 5.97 Å². The van der Waals surface area contributed by atoms with E-state index in [9.17, 15) is 14.4 Å². The van der Waals surface area contributed by atoms with E-state index in [1.807, 2.05) is 0 Å². The van der Waals surface area contributed by atoms with E-state index in [1.165, 1.54) is 12.1 Å². The van der Waals surface area contributed by atoms with Crippen LogP contribution in [0.25, 0.3) is 0 Å². The molecule has 1 aromatic heterocycles. The first kappa shape index (κ1) is 13.0. The number of hydrogen-bond donors (Lipinski definition) is 1. The van der Waals surface area contributed by atoms with Crippen LogP contribution in [-0.2, 0) is 11.2 Å². The molecule has 0 radical (unpaired) electrons. The van der Waals surface area contributed by atoms with E-state index >= 15 is 0 Å². The number of hydrogen-bond acceptors (Lipinski definition) is 4. The Morgan fingerprint density at radius 3 is 2.57 bits per heavy atom. The number of fused-ring (bicyclic) bond motifs is 1. The maximum atomic E-state index is 12.4. The summed E-state index contributed by atoms with van der Waals surface area (Å²) in [5.41, 5.74) is 1.14. The number of carboxylic acids is 1. The Kier molecular flexibility index (Phi) is 2.98. The molecule has 1 aliphatic rings. The zero-order valence-corrected chi connectivity index (χ0v) is 10.8. The minimum atomic E-state index is -1.12. The van der Waals surface area contributed by atoms with Crippen LogP contribution in [0.4, 0.5) is 5.82 Å². The summed E-state index contributed by atoms with van der Waals surface area (Å²) in [6, 6.07) is 9.56. The molecule has 6 heteroatoms. The van der Waals surface area contributed by atoms with E-state index in [4.69, 9.17) is 5.11 Å². The highest BCUT2D eigenvalue weighted by atomic mass is 16.4. The van der Waals surface area contributed by atoms with Crippen molar-refractivity contribution in [2.75, 3.05) is 4.90 Å². The molecule has 104 valence electrons. The number of pyridine rings is 1. The third-order valence-corrected chi connectivity index (χ3v) is 3.27. The highest BCUT2D eigenvalue weighted by molar-refractivity contribution is 6.24. The fourth-order valence-corrected chi connectivity index (χ4v) is 2.24. The predicted molar refractivity (Wildman–Crippen MR) is 73.2 cm³/mol. The van der Waals surface area contributed by atoms with E-state index in [0.717, 1.165) is 11.1 Å². The van der Waals surface area contributed by atoms with Crippen LogP contribution in [0.1, 0.15) is 26.3 Å². The Labute approximate surface area is 119 Å². The van der Waals surface area contributed by atoms with Crippen molar-refractivity contribution in [1.82, 2.24) is 4.98 Å². The van der Waals surface area contributed by atoms with E-state index in [-0.39, 0.29) is 23.7 Å². The SMILES string of the molecule is O=C(O)c1ccc(N2C(=O)Cc3ccccc3C2=O)nc1. The molecule has 2 heterocycles. The predicted octanol–water partition coefficient (Wildman–Crippen LogP) is 1.51. The molecule has 1 N–H and O–H groups in total. The van der Waals surface area contributed by atoms with Gasteiger partial charge < -0.3 is 5.11 Å². The molecule has 0 aliphatic carbocycles. The maximum absolute atomic E-state index is 12.4. The smallest absolute Gasteiger partial charge is 0.337 e. The van der Waals surface area contributed by atoms with Crippen LogP contribution in [0.15, 0.2) is 42.6 Å². The molecular formula is C15H10N2O4. The number of carbonyl (C=O) groups excluding carboxylic acids is 2. The summed E-state index contributed by atoms with van der Waals surface area (Å²) in [5.74, 6) is -1.81. The lowest BCUT2D eigenvalue weighted by atomic mass is 9.98. The number of nitrogens with zero attached hydrogens (tertiary/aromatic N) is 2. The van der Waals surface area contributed by atoms with Crippen molar-refractivity contribution in [2.45, 2.75) is 6.42 Å². The number of benzene rings is 1. The van der Waals surface area contributed by atoms with Gasteiger partial charge in [-0.15, -0.1) is 0 Å². The lowest BCUT2D eigenvalue weighted by molar-refractivity contribution is -0.117. The van der Waals surface area contributed by atoms with Crippen molar-refractivity contribution in [2.24, 2.45) is 0 Å². The molecule has 2 aromatic rings. The fourth-order valence-electron chi connectivity index (χ4n) is 2.24. The molecule has 1 aliphatic heterocycles. The molecule has 2 amide bonds. The van der Waals surface area contributed by atoms with Gasteiger partial charge in [0.15, 0.2) is 0 Å². The number of amides is 2. The van der Waals surface area contributed by atoms with Gasteiger partial charge in [0.2, 0.25) is 5.91 Å². The number of carbonyl (C=O) groups is 3. The van der Waals surface area contributed by atoms with Crippen molar-refractivity contribution in [1.29, 1.82) is 0 Å². The number of imide groups is 1. The number of carboxylic acid groups (broad SMARTS) is 1. The molecule has 0 unspecified atom stereocenters. The van der Waals surface area contributed by atoms with Crippen molar-refractivity contribution in [3.63, 3.8) is 0 Å². The fraction of sp³-hybridized carbons (Fsp3) is 0.0667. The van der Waals surface area contributed by atoms with Crippen LogP contribution in [0, 0.1) is 0 Å². The van der Waals surface area contributed by atoms with Gasteiger partial charge in [0, 0.05) is 11.8 Å². The second-order valence-corrected chi connectivity index (χ2v) is 4.58. The van der Waals surface area contributed by atoms with Crippen molar-refractivity contribution >= 4 is 23.6 Å².